The van der Waals surface area contributed by atoms with Crippen LogP contribution >= 0.6 is 0 Å². The predicted molar refractivity (Wildman–Crippen MR) is 59.3 cm³/mol. The summed E-state index contributed by atoms with van der Waals surface area (Å²) >= 11 is 0. The van der Waals surface area contributed by atoms with Crippen LogP contribution in [0.2, 0.25) is 0 Å². The summed E-state index contributed by atoms with van der Waals surface area (Å²) in [5, 5.41) is 0. The Morgan fingerprint density at radius 3 is 2.88 bits per heavy atom. The van der Waals surface area contributed by atoms with Crippen molar-refractivity contribution in [3.8, 4) is 0 Å². The molecular weight excluding hydrogens is 208 g/mol. The largest absolute Gasteiger partial charge is 0.253 e. The highest BCUT2D eigenvalue weighted by Crippen LogP contribution is 2.48. The molecule has 3 rings (SSSR count). The Bertz CT molecular complexity index is 493. The lowest BCUT2D eigenvalue weighted by atomic mass is 9.71. The van der Waals surface area contributed by atoms with E-state index >= 15 is 0 Å². The van der Waals surface area contributed by atoms with Gasteiger partial charge in [-0.1, -0.05) is 13.3 Å². The topological polar surface area (TPSA) is 12.4 Å². The first-order valence-corrected chi connectivity index (χ1v) is 5.69. The Labute approximate surface area is 93.2 Å². The van der Waals surface area contributed by atoms with Gasteiger partial charge in [0.1, 0.15) is 11.5 Å². The van der Waals surface area contributed by atoms with Crippen LogP contribution in [0.25, 0.3) is 0 Å². The second-order valence-corrected chi connectivity index (χ2v) is 4.88. The monoisotopic (exact) mass is 221 g/mol. The lowest BCUT2D eigenvalue weighted by molar-refractivity contribution is 0.492. The van der Waals surface area contributed by atoms with Gasteiger partial charge in [-0.3, -0.25) is 4.99 Å². The van der Waals surface area contributed by atoms with Crippen molar-refractivity contribution in [1.29, 1.82) is 0 Å². The molecule has 1 atom stereocenters. The minimum absolute atomic E-state index is 0.226. The fourth-order valence-corrected chi connectivity index (χ4v) is 2.90. The quantitative estimate of drug-likeness (QED) is 0.630. The fourth-order valence-electron chi connectivity index (χ4n) is 2.90. The van der Waals surface area contributed by atoms with Crippen LogP contribution in [-0.2, 0) is 5.41 Å². The minimum atomic E-state index is -0.530. The molecule has 0 amide bonds. The van der Waals surface area contributed by atoms with Gasteiger partial charge >= 0.3 is 0 Å². The van der Waals surface area contributed by atoms with Gasteiger partial charge in [0.25, 0.3) is 0 Å². The zero-order chi connectivity index (χ0) is 11.3. The highest BCUT2D eigenvalue weighted by Gasteiger charge is 2.41. The van der Waals surface area contributed by atoms with E-state index < -0.39 is 11.6 Å². The summed E-state index contributed by atoms with van der Waals surface area (Å²) < 4.78 is 26.9. The molecule has 84 valence electrons. The molecule has 0 saturated heterocycles. The van der Waals surface area contributed by atoms with Gasteiger partial charge in [-0.2, -0.15) is 0 Å². The molecule has 0 bridgehead atoms. The average Bonchev–Trinajstić information content (AvgIpc) is 2.52. The number of nitrogens with zero attached hydrogens (tertiary/aromatic N) is 1. The molecule has 0 N–H and O–H groups in total. The van der Waals surface area contributed by atoms with Crippen LogP contribution in [0.1, 0.15) is 38.2 Å². The molecule has 1 aliphatic heterocycles. The number of halogens is 2. The molecule has 2 aliphatic rings. The number of fused-ring (bicyclic) bond motifs is 3. The Hall–Kier alpha value is -1.25. The number of rotatable bonds is 0. The number of benzene rings is 1. The molecule has 1 saturated carbocycles. The number of aliphatic imine (C=N–C) groups is 1. The van der Waals surface area contributed by atoms with Crippen LogP contribution in [0.4, 0.5) is 14.5 Å². The van der Waals surface area contributed by atoms with Gasteiger partial charge in [-0.25, -0.2) is 8.78 Å². The average molecular weight is 221 g/mol. The van der Waals surface area contributed by atoms with Crippen molar-refractivity contribution in [2.75, 3.05) is 0 Å². The third-order valence-electron chi connectivity index (χ3n) is 3.85. The predicted octanol–water partition coefficient (Wildman–Crippen LogP) is 3.88. The molecule has 1 nitrogen and oxygen atoms in total. The lowest BCUT2D eigenvalue weighted by Gasteiger charge is -2.31. The highest BCUT2D eigenvalue weighted by atomic mass is 19.1. The summed E-state index contributed by atoms with van der Waals surface area (Å²) in [5.41, 5.74) is 1.90. The summed E-state index contributed by atoms with van der Waals surface area (Å²) in [6, 6.07) is 2.36. The molecule has 0 spiro atoms. The molecule has 1 heterocycles. The Morgan fingerprint density at radius 1 is 1.25 bits per heavy atom. The van der Waals surface area contributed by atoms with E-state index in [0.717, 1.165) is 43.0 Å². The first kappa shape index (κ1) is 9.94. The van der Waals surface area contributed by atoms with Crippen LogP contribution < -0.4 is 0 Å². The van der Waals surface area contributed by atoms with E-state index in [1.165, 1.54) is 6.07 Å². The Kier molecular flexibility index (Phi) is 1.94. The van der Waals surface area contributed by atoms with Crippen molar-refractivity contribution in [3.05, 3.63) is 29.3 Å². The van der Waals surface area contributed by atoms with Crippen molar-refractivity contribution >= 4 is 11.4 Å². The van der Waals surface area contributed by atoms with Crippen LogP contribution in [0, 0.1) is 11.6 Å². The van der Waals surface area contributed by atoms with Gasteiger partial charge in [-0.15, -0.1) is 0 Å². The van der Waals surface area contributed by atoms with E-state index in [4.69, 9.17) is 0 Å². The van der Waals surface area contributed by atoms with Gasteiger partial charge in [0.2, 0.25) is 0 Å². The van der Waals surface area contributed by atoms with Crippen LogP contribution in [0.5, 0.6) is 0 Å². The molecule has 1 aromatic rings. The summed E-state index contributed by atoms with van der Waals surface area (Å²) in [4.78, 5) is 4.36. The normalized spacial score (nSPS) is 27.3. The summed E-state index contributed by atoms with van der Waals surface area (Å²) in [5.74, 6) is -1.03. The maximum atomic E-state index is 13.6. The maximum absolute atomic E-state index is 13.6. The van der Waals surface area contributed by atoms with Crippen LogP contribution in [0.15, 0.2) is 17.1 Å². The highest BCUT2D eigenvalue weighted by molar-refractivity contribution is 6.02. The SMILES string of the molecule is CC12CCCCC1=Nc1c(F)cc(F)cc12. The molecule has 1 unspecified atom stereocenters. The fraction of sp³-hybridized carbons (Fsp3) is 0.462. The molecule has 1 aliphatic carbocycles. The zero-order valence-electron chi connectivity index (χ0n) is 9.19. The van der Waals surface area contributed by atoms with Crippen LogP contribution in [0.3, 0.4) is 0 Å². The lowest BCUT2D eigenvalue weighted by Crippen LogP contribution is -2.32. The van der Waals surface area contributed by atoms with Crippen molar-refractivity contribution in [2.24, 2.45) is 4.99 Å². The van der Waals surface area contributed by atoms with E-state index in [9.17, 15) is 8.78 Å². The third-order valence-corrected chi connectivity index (χ3v) is 3.85. The second kappa shape index (κ2) is 3.12. The molecule has 1 aromatic carbocycles. The van der Waals surface area contributed by atoms with Crippen molar-refractivity contribution in [1.82, 2.24) is 0 Å². The molecule has 1 fully saturated rings. The first-order chi connectivity index (χ1) is 7.61. The number of hydrogen-bond donors (Lipinski definition) is 0. The summed E-state index contributed by atoms with van der Waals surface area (Å²) in [6.07, 6.45) is 4.06. The smallest absolute Gasteiger partial charge is 0.152 e. The van der Waals surface area contributed by atoms with Crippen molar-refractivity contribution in [3.63, 3.8) is 0 Å². The summed E-state index contributed by atoms with van der Waals surface area (Å²) in [7, 11) is 0. The molecular formula is C13H13F2N. The third kappa shape index (κ3) is 1.17. The zero-order valence-corrected chi connectivity index (χ0v) is 9.19. The number of hydrogen-bond acceptors (Lipinski definition) is 1. The van der Waals surface area contributed by atoms with E-state index in [1.807, 2.05) is 0 Å². The molecule has 16 heavy (non-hydrogen) atoms. The standard InChI is InChI=1S/C13H13F2N/c1-13-5-3-2-4-11(13)16-12-9(13)6-8(14)7-10(12)15/h6-7H,2-5H2,1H3. The molecule has 0 aromatic heterocycles. The van der Waals surface area contributed by atoms with Gasteiger partial charge in [-0.05, 0) is 30.9 Å². The van der Waals surface area contributed by atoms with E-state index in [1.54, 1.807) is 0 Å². The van der Waals surface area contributed by atoms with E-state index in [-0.39, 0.29) is 5.41 Å². The van der Waals surface area contributed by atoms with Crippen molar-refractivity contribution in [2.45, 2.75) is 38.0 Å². The van der Waals surface area contributed by atoms with Gasteiger partial charge in [0.15, 0.2) is 5.82 Å². The van der Waals surface area contributed by atoms with Gasteiger partial charge < -0.3 is 0 Å². The van der Waals surface area contributed by atoms with E-state index in [2.05, 4.69) is 11.9 Å². The molecule has 0 radical (unpaired) electrons. The summed E-state index contributed by atoms with van der Waals surface area (Å²) in [6.45, 7) is 2.05. The second-order valence-electron chi connectivity index (χ2n) is 4.88. The Morgan fingerprint density at radius 2 is 2.06 bits per heavy atom. The first-order valence-electron chi connectivity index (χ1n) is 5.69. The van der Waals surface area contributed by atoms with Gasteiger partial charge in [0, 0.05) is 17.2 Å². The van der Waals surface area contributed by atoms with E-state index in [0.29, 0.717) is 5.69 Å². The Balaban J connectivity index is 2.23. The van der Waals surface area contributed by atoms with Gasteiger partial charge in [0.05, 0.1) is 0 Å². The maximum Gasteiger partial charge on any atom is 0.152 e. The van der Waals surface area contributed by atoms with Crippen LogP contribution in [-0.4, -0.2) is 5.71 Å². The van der Waals surface area contributed by atoms with Crippen molar-refractivity contribution < 1.29 is 8.78 Å². The minimum Gasteiger partial charge on any atom is -0.253 e. The molecule has 3 heteroatoms.